The van der Waals surface area contributed by atoms with E-state index in [0.29, 0.717) is 5.56 Å². The van der Waals surface area contributed by atoms with Gasteiger partial charge in [0.15, 0.2) is 17.7 Å². The number of nitrogens with two attached hydrogens (primary N) is 1. The molecule has 0 saturated heterocycles. The van der Waals surface area contributed by atoms with E-state index in [0.717, 1.165) is 47.6 Å². The summed E-state index contributed by atoms with van der Waals surface area (Å²) in [7, 11) is 0. The predicted octanol–water partition coefficient (Wildman–Crippen LogP) is 6.04. The number of hydrogen-bond acceptors (Lipinski definition) is 5. The fourth-order valence-electron chi connectivity index (χ4n) is 3.78. The minimum Gasteiger partial charge on any atom is -0.476 e. The van der Waals surface area contributed by atoms with Gasteiger partial charge in [-0.2, -0.15) is 13.2 Å². The first kappa shape index (κ1) is 28.1. The summed E-state index contributed by atoms with van der Waals surface area (Å²) in [6, 6.07) is 14.2. The molecule has 3 aromatic carbocycles. The lowest BCUT2D eigenvalue weighted by Gasteiger charge is -2.25. The Morgan fingerprint density at radius 2 is 1.70 bits per heavy atom. The molecular formula is C27H20F5N3O5. The first-order valence-electron chi connectivity index (χ1n) is 11.5. The zero-order valence-corrected chi connectivity index (χ0v) is 20.4. The molecular weight excluding hydrogens is 541 g/mol. The number of halogens is 5. The Hall–Kier alpha value is -4.94. The molecule has 2 amide bonds. The molecule has 208 valence electrons. The molecule has 0 bridgehead atoms. The molecule has 40 heavy (non-hydrogen) atoms. The number of amides is 2. The Labute approximate surface area is 223 Å². The molecule has 1 atom stereocenters. The van der Waals surface area contributed by atoms with Gasteiger partial charge in [-0.3, -0.25) is 9.69 Å². The van der Waals surface area contributed by atoms with Crippen molar-refractivity contribution in [1.29, 1.82) is 0 Å². The van der Waals surface area contributed by atoms with Gasteiger partial charge in [0.05, 0.1) is 12.1 Å². The fraction of sp³-hybridized carbons (Fsp3) is 0.148. The summed E-state index contributed by atoms with van der Waals surface area (Å²) in [6.45, 7) is -0.582. The van der Waals surface area contributed by atoms with E-state index in [9.17, 15) is 36.6 Å². The molecule has 0 aliphatic rings. The van der Waals surface area contributed by atoms with Crippen LogP contribution in [-0.2, 0) is 12.7 Å². The monoisotopic (exact) mass is 561 g/mol. The molecule has 1 unspecified atom stereocenters. The number of nitrogens with zero attached hydrogens (tertiary/aromatic N) is 2. The molecule has 1 heterocycles. The van der Waals surface area contributed by atoms with Crippen molar-refractivity contribution >= 4 is 12.0 Å². The Bertz CT molecular complexity index is 1510. The van der Waals surface area contributed by atoms with Crippen LogP contribution in [0.4, 0.5) is 26.7 Å². The van der Waals surface area contributed by atoms with Gasteiger partial charge in [0.1, 0.15) is 23.3 Å². The summed E-state index contributed by atoms with van der Waals surface area (Å²) in [5.74, 6) is -4.95. The van der Waals surface area contributed by atoms with E-state index < -0.39 is 59.3 Å². The van der Waals surface area contributed by atoms with E-state index in [1.54, 1.807) is 30.3 Å². The van der Waals surface area contributed by atoms with E-state index in [-0.39, 0.29) is 23.7 Å². The Balaban J connectivity index is 1.70. The van der Waals surface area contributed by atoms with Crippen molar-refractivity contribution in [1.82, 2.24) is 9.88 Å². The number of ether oxygens (including phenoxy) is 1. The lowest BCUT2D eigenvalue weighted by atomic mass is 10.1. The molecule has 0 fully saturated rings. The van der Waals surface area contributed by atoms with Gasteiger partial charge in [0, 0.05) is 12.1 Å². The van der Waals surface area contributed by atoms with Crippen LogP contribution < -0.4 is 10.5 Å². The van der Waals surface area contributed by atoms with Crippen LogP contribution >= 0.6 is 0 Å². The smallest absolute Gasteiger partial charge is 0.416 e. The molecule has 0 saturated carbocycles. The van der Waals surface area contributed by atoms with E-state index in [2.05, 4.69) is 4.98 Å². The third-order valence-electron chi connectivity index (χ3n) is 5.75. The van der Waals surface area contributed by atoms with Crippen LogP contribution in [0.5, 0.6) is 5.75 Å². The van der Waals surface area contributed by atoms with Gasteiger partial charge in [-0.15, -0.1) is 0 Å². The summed E-state index contributed by atoms with van der Waals surface area (Å²) in [5, 5.41) is 9.82. The maximum absolute atomic E-state index is 15.0. The maximum Gasteiger partial charge on any atom is 0.416 e. The Kier molecular flexibility index (Phi) is 8.03. The lowest BCUT2D eigenvalue weighted by Crippen LogP contribution is -2.35. The number of hydrogen-bond donors (Lipinski definition) is 2. The normalized spacial score (nSPS) is 12.1. The Morgan fingerprint density at radius 3 is 2.30 bits per heavy atom. The molecule has 13 heteroatoms. The minimum absolute atomic E-state index is 0.0830. The van der Waals surface area contributed by atoms with Gasteiger partial charge in [0.25, 0.3) is 5.91 Å². The highest BCUT2D eigenvalue weighted by Gasteiger charge is 2.31. The second kappa shape index (κ2) is 11.4. The topological polar surface area (TPSA) is 119 Å². The van der Waals surface area contributed by atoms with Crippen molar-refractivity contribution in [3.05, 3.63) is 107 Å². The van der Waals surface area contributed by atoms with Crippen LogP contribution in [0.3, 0.4) is 0 Å². The van der Waals surface area contributed by atoms with Crippen molar-refractivity contribution in [3.8, 4) is 17.0 Å². The molecule has 3 N–H and O–H groups in total. The summed E-state index contributed by atoms with van der Waals surface area (Å²) < 4.78 is 78.9. The second-order valence-corrected chi connectivity index (χ2v) is 8.50. The van der Waals surface area contributed by atoms with E-state index in [1.165, 1.54) is 0 Å². The number of oxazole rings is 1. The molecule has 4 aromatic rings. The van der Waals surface area contributed by atoms with Gasteiger partial charge < -0.3 is 20.0 Å². The molecule has 0 radical (unpaired) electrons. The summed E-state index contributed by atoms with van der Waals surface area (Å²) >= 11 is 0. The van der Waals surface area contributed by atoms with Gasteiger partial charge in [-0.1, -0.05) is 42.5 Å². The van der Waals surface area contributed by atoms with Gasteiger partial charge in [0.2, 0.25) is 5.89 Å². The molecule has 8 nitrogen and oxygen atoms in total. The number of aromatic nitrogens is 1. The molecule has 4 rings (SSSR count). The van der Waals surface area contributed by atoms with Gasteiger partial charge in [-0.25, -0.2) is 18.6 Å². The van der Waals surface area contributed by atoms with Crippen molar-refractivity contribution < 1.29 is 45.8 Å². The van der Waals surface area contributed by atoms with Crippen LogP contribution in [0.2, 0.25) is 0 Å². The van der Waals surface area contributed by atoms with Gasteiger partial charge in [-0.05, 0) is 29.8 Å². The van der Waals surface area contributed by atoms with Crippen LogP contribution in [-0.4, -0.2) is 33.5 Å². The second-order valence-electron chi connectivity index (χ2n) is 8.50. The average Bonchev–Trinajstić information content (AvgIpc) is 3.39. The van der Waals surface area contributed by atoms with Crippen molar-refractivity contribution in [2.75, 3.05) is 6.54 Å². The van der Waals surface area contributed by atoms with Crippen LogP contribution in [0.25, 0.3) is 11.3 Å². The van der Waals surface area contributed by atoms with Crippen LogP contribution in [0, 0.1) is 11.6 Å². The predicted molar refractivity (Wildman–Crippen MR) is 130 cm³/mol. The van der Waals surface area contributed by atoms with E-state index in [1.807, 2.05) is 0 Å². The number of rotatable bonds is 9. The number of primary amides is 1. The number of carbonyl (C=O) groups is 2. The molecule has 1 aromatic heterocycles. The maximum atomic E-state index is 15.0. The lowest BCUT2D eigenvalue weighted by molar-refractivity contribution is -0.137. The summed E-state index contributed by atoms with van der Waals surface area (Å²) in [4.78, 5) is 28.8. The fourth-order valence-corrected chi connectivity index (χ4v) is 3.78. The SMILES string of the molecule is NC(=O)c1c(F)ccc(OC(CN(Cc2ccccc2)C(=O)O)c2nc(-c3ccc(C(F)(F)F)cc3)co2)c1F. The third kappa shape index (κ3) is 6.37. The number of alkyl halides is 3. The van der Waals surface area contributed by atoms with Crippen LogP contribution in [0.15, 0.2) is 77.4 Å². The first-order chi connectivity index (χ1) is 18.9. The van der Waals surface area contributed by atoms with Crippen molar-refractivity contribution in [3.63, 3.8) is 0 Å². The average molecular weight is 561 g/mol. The largest absolute Gasteiger partial charge is 0.476 e. The molecule has 0 aliphatic carbocycles. The summed E-state index contributed by atoms with van der Waals surface area (Å²) in [6.07, 6.45) is -6.26. The zero-order valence-electron chi connectivity index (χ0n) is 20.4. The van der Waals surface area contributed by atoms with E-state index >= 15 is 0 Å². The van der Waals surface area contributed by atoms with Crippen molar-refractivity contribution in [2.24, 2.45) is 5.73 Å². The number of carbonyl (C=O) groups excluding carboxylic acids is 1. The van der Waals surface area contributed by atoms with Crippen molar-refractivity contribution in [2.45, 2.75) is 18.8 Å². The van der Waals surface area contributed by atoms with E-state index in [4.69, 9.17) is 14.9 Å². The highest BCUT2D eigenvalue weighted by molar-refractivity contribution is 5.93. The standard InChI is InChI=1S/C27H20F5N3O5/c28-18-10-11-20(23(29)22(18)24(33)36)40-21(13-35(26(37)38)12-15-4-2-1-3-5-15)25-34-19(14-39-25)16-6-8-17(9-7-16)27(30,31)32/h1-11,14,21H,12-13H2,(H2,33,36)(H,37,38). The minimum atomic E-state index is -4.55. The highest BCUT2D eigenvalue weighted by atomic mass is 19.4. The van der Waals surface area contributed by atoms with Gasteiger partial charge >= 0.3 is 12.3 Å². The third-order valence-corrected chi connectivity index (χ3v) is 5.75. The molecule has 0 spiro atoms. The quantitative estimate of drug-likeness (QED) is 0.241. The zero-order chi connectivity index (χ0) is 29.0. The first-order valence-corrected chi connectivity index (χ1v) is 11.5. The number of carboxylic acid groups (broad SMARTS) is 1. The van der Waals surface area contributed by atoms with Crippen LogP contribution in [0.1, 0.15) is 33.5 Å². The highest BCUT2D eigenvalue weighted by Crippen LogP contribution is 2.33. The summed E-state index contributed by atoms with van der Waals surface area (Å²) in [5.41, 5.74) is 4.08. The molecule has 0 aliphatic heterocycles. The Morgan fingerprint density at radius 1 is 1.02 bits per heavy atom. The number of benzene rings is 3.